The van der Waals surface area contributed by atoms with Crippen LogP contribution in [0.3, 0.4) is 0 Å². The lowest BCUT2D eigenvalue weighted by Crippen LogP contribution is -2.16. The Morgan fingerprint density at radius 3 is 2.80 bits per heavy atom. The van der Waals surface area contributed by atoms with Gasteiger partial charge in [-0.3, -0.25) is 4.79 Å². The van der Waals surface area contributed by atoms with Crippen molar-refractivity contribution in [1.82, 2.24) is 0 Å². The second-order valence-electron chi connectivity index (χ2n) is 2.78. The number of carbonyl (C=O) groups is 1. The molecule has 82 valence electrons. The molecule has 1 aliphatic heterocycles. The summed E-state index contributed by atoms with van der Waals surface area (Å²) < 4.78 is 39.7. The third-order valence-corrected chi connectivity index (χ3v) is 1.52. The van der Waals surface area contributed by atoms with Gasteiger partial charge in [-0.05, 0) is 5.57 Å². The van der Waals surface area contributed by atoms with Gasteiger partial charge in [-0.25, -0.2) is 4.99 Å². The van der Waals surface area contributed by atoms with Crippen molar-refractivity contribution in [2.45, 2.75) is 12.6 Å². The molecule has 15 heavy (non-hydrogen) atoms. The summed E-state index contributed by atoms with van der Waals surface area (Å²) >= 11 is 0. The second kappa shape index (κ2) is 4.77. The largest absolute Gasteiger partial charge is 0.468 e. The fourth-order valence-electron chi connectivity index (χ4n) is 0.859. The van der Waals surface area contributed by atoms with E-state index in [-0.39, 0.29) is 5.88 Å². The number of aliphatic imine (C=N–C) groups is 1. The third-order valence-electron chi connectivity index (χ3n) is 1.52. The molecule has 0 aromatic carbocycles. The van der Waals surface area contributed by atoms with Crippen LogP contribution < -0.4 is 0 Å². The van der Waals surface area contributed by atoms with E-state index in [1.54, 1.807) is 0 Å². The summed E-state index contributed by atoms with van der Waals surface area (Å²) in [6, 6.07) is 0. The van der Waals surface area contributed by atoms with Gasteiger partial charge in [0.25, 0.3) is 0 Å². The molecule has 0 saturated carbocycles. The average molecular weight is 219 g/mol. The fourth-order valence-corrected chi connectivity index (χ4v) is 0.859. The van der Waals surface area contributed by atoms with Crippen molar-refractivity contribution in [3.8, 4) is 0 Å². The second-order valence-corrected chi connectivity index (χ2v) is 2.78. The summed E-state index contributed by atoms with van der Waals surface area (Å²) in [7, 11) is 0. The molecule has 0 aromatic heterocycles. The van der Waals surface area contributed by atoms with Gasteiger partial charge in [0.1, 0.15) is 6.29 Å². The highest BCUT2D eigenvalue weighted by molar-refractivity contribution is 5.81. The molecule has 1 heterocycles. The van der Waals surface area contributed by atoms with Gasteiger partial charge >= 0.3 is 6.18 Å². The Morgan fingerprint density at radius 2 is 2.20 bits per heavy atom. The third kappa shape index (κ3) is 4.44. The van der Waals surface area contributed by atoms with E-state index in [4.69, 9.17) is 0 Å². The first kappa shape index (κ1) is 11.5. The normalized spacial score (nSPS) is 16.5. The molecule has 0 spiro atoms. The van der Waals surface area contributed by atoms with E-state index in [0.717, 1.165) is 0 Å². The van der Waals surface area contributed by atoms with Gasteiger partial charge < -0.3 is 4.74 Å². The fraction of sp³-hybridized carbons (Fsp3) is 0.333. The van der Waals surface area contributed by atoms with Crippen LogP contribution in [0, 0.1) is 0 Å². The minimum atomic E-state index is -4.39. The topological polar surface area (TPSA) is 38.7 Å². The van der Waals surface area contributed by atoms with Gasteiger partial charge in [0.15, 0.2) is 6.61 Å². The van der Waals surface area contributed by atoms with Gasteiger partial charge in [0.05, 0.1) is 0 Å². The van der Waals surface area contributed by atoms with Gasteiger partial charge in [0, 0.05) is 18.7 Å². The molecule has 0 N–H and O–H groups in total. The molecule has 0 unspecified atom stereocenters. The molecule has 0 amide bonds. The zero-order valence-electron chi connectivity index (χ0n) is 7.62. The molecule has 0 aliphatic carbocycles. The van der Waals surface area contributed by atoms with Gasteiger partial charge in [0.2, 0.25) is 5.88 Å². The van der Waals surface area contributed by atoms with Gasteiger partial charge in [-0.15, -0.1) is 0 Å². The number of alkyl halides is 3. The van der Waals surface area contributed by atoms with E-state index in [1.165, 1.54) is 18.4 Å². The van der Waals surface area contributed by atoms with E-state index < -0.39 is 12.8 Å². The van der Waals surface area contributed by atoms with E-state index in [1.807, 2.05) is 0 Å². The SMILES string of the molecule is O=CC1=CC=C(OCC(F)(F)F)N=CC1. The van der Waals surface area contributed by atoms with Crippen LogP contribution in [0.5, 0.6) is 0 Å². The lowest BCUT2D eigenvalue weighted by Gasteiger charge is -2.07. The first-order valence-electron chi connectivity index (χ1n) is 4.09. The van der Waals surface area contributed by atoms with Crippen LogP contribution >= 0.6 is 0 Å². The molecule has 0 fully saturated rings. The highest BCUT2D eigenvalue weighted by Crippen LogP contribution is 2.17. The molecule has 6 heteroatoms. The average Bonchev–Trinajstić information content (AvgIpc) is 2.38. The lowest BCUT2D eigenvalue weighted by molar-refractivity contribution is -0.164. The minimum Gasteiger partial charge on any atom is -0.468 e. The maximum atomic E-state index is 11.8. The predicted molar refractivity (Wildman–Crippen MR) is 47.3 cm³/mol. The van der Waals surface area contributed by atoms with Crippen LogP contribution in [0.1, 0.15) is 6.42 Å². The first-order chi connectivity index (χ1) is 7.01. The molecule has 1 rings (SSSR count). The number of rotatable bonds is 3. The molecule has 0 radical (unpaired) electrons. The Bertz CT molecular complexity index is 329. The van der Waals surface area contributed by atoms with Crippen molar-refractivity contribution in [1.29, 1.82) is 0 Å². The van der Waals surface area contributed by atoms with E-state index in [2.05, 4.69) is 9.73 Å². The summed E-state index contributed by atoms with van der Waals surface area (Å²) in [5, 5.41) is 0. The standard InChI is InChI=1S/C9H8F3NO2/c10-9(11,12)6-15-8-2-1-7(5-14)3-4-13-8/h1-2,4-5H,3,6H2. The molecule has 0 aromatic rings. The van der Waals surface area contributed by atoms with Crippen LogP contribution in [0.4, 0.5) is 13.2 Å². The summed E-state index contributed by atoms with van der Waals surface area (Å²) in [5.41, 5.74) is 0.435. The molecular formula is C9H8F3NO2. The minimum absolute atomic E-state index is 0.149. The number of halogens is 3. The van der Waals surface area contributed by atoms with Crippen LogP contribution in [0.2, 0.25) is 0 Å². The van der Waals surface area contributed by atoms with Crippen LogP contribution in [-0.4, -0.2) is 25.3 Å². The van der Waals surface area contributed by atoms with Crippen LogP contribution in [-0.2, 0) is 9.53 Å². The Labute approximate surface area is 83.9 Å². The monoisotopic (exact) mass is 219 g/mol. The molecule has 3 nitrogen and oxygen atoms in total. The molecule has 0 saturated heterocycles. The maximum absolute atomic E-state index is 11.8. The maximum Gasteiger partial charge on any atom is 0.422 e. The van der Waals surface area contributed by atoms with Crippen LogP contribution in [0.25, 0.3) is 0 Å². The quantitative estimate of drug-likeness (QED) is 0.681. The first-order valence-corrected chi connectivity index (χ1v) is 4.09. The van der Waals surface area contributed by atoms with Crippen molar-refractivity contribution in [3.63, 3.8) is 0 Å². The molecular weight excluding hydrogens is 211 g/mol. The molecule has 1 aliphatic rings. The van der Waals surface area contributed by atoms with Gasteiger partial charge in [-0.2, -0.15) is 13.2 Å². The number of aldehydes is 1. The zero-order chi connectivity index (χ0) is 11.3. The van der Waals surface area contributed by atoms with Crippen molar-refractivity contribution in [2.75, 3.05) is 6.61 Å². The van der Waals surface area contributed by atoms with Crippen LogP contribution in [0.15, 0.2) is 28.6 Å². The summed E-state index contributed by atoms with van der Waals surface area (Å²) in [6.45, 7) is -1.39. The van der Waals surface area contributed by atoms with E-state index >= 15 is 0 Å². The van der Waals surface area contributed by atoms with Crippen molar-refractivity contribution >= 4 is 12.5 Å². The highest BCUT2D eigenvalue weighted by atomic mass is 19.4. The molecule has 0 atom stereocenters. The lowest BCUT2D eigenvalue weighted by atomic mass is 10.2. The summed E-state index contributed by atoms with van der Waals surface area (Å²) in [5.74, 6) is -0.149. The van der Waals surface area contributed by atoms with E-state index in [0.29, 0.717) is 18.3 Å². The zero-order valence-corrected chi connectivity index (χ0v) is 7.62. The number of nitrogens with zero attached hydrogens (tertiary/aromatic N) is 1. The Balaban J connectivity index is 2.59. The highest BCUT2D eigenvalue weighted by Gasteiger charge is 2.28. The van der Waals surface area contributed by atoms with Crippen molar-refractivity contribution in [2.24, 2.45) is 4.99 Å². The summed E-state index contributed by atoms with van der Waals surface area (Å²) in [4.78, 5) is 14.0. The Morgan fingerprint density at radius 1 is 1.47 bits per heavy atom. The van der Waals surface area contributed by atoms with Crippen molar-refractivity contribution < 1.29 is 22.7 Å². The van der Waals surface area contributed by atoms with E-state index in [9.17, 15) is 18.0 Å². The number of hydrogen-bond donors (Lipinski definition) is 0. The number of ether oxygens (including phenoxy) is 1. The Kier molecular flexibility index (Phi) is 3.65. The summed E-state index contributed by atoms with van der Waals surface area (Å²) in [6.07, 6.45) is 0.466. The number of allylic oxidation sites excluding steroid dienone is 3. The molecule has 0 bridgehead atoms. The number of hydrogen-bond acceptors (Lipinski definition) is 3. The smallest absolute Gasteiger partial charge is 0.422 e. The van der Waals surface area contributed by atoms with Gasteiger partial charge in [-0.1, -0.05) is 6.08 Å². The van der Waals surface area contributed by atoms with Crippen molar-refractivity contribution in [3.05, 3.63) is 23.6 Å². The predicted octanol–water partition coefficient (Wildman–Crippen LogP) is 2.01. The Hall–Kier alpha value is -1.59. The number of carbonyl (C=O) groups excluding carboxylic acids is 1.